The van der Waals surface area contributed by atoms with Crippen LogP contribution in [-0.2, 0) is 10.2 Å². The molecule has 0 bridgehead atoms. The van der Waals surface area contributed by atoms with Crippen molar-refractivity contribution in [3.8, 4) is 0 Å². The lowest BCUT2D eigenvalue weighted by Crippen LogP contribution is -2.48. The highest BCUT2D eigenvalue weighted by molar-refractivity contribution is 5.77. The highest BCUT2D eigenvalue weighted by atomic mass is 16.2. The molecule has 104 valence electrons. The molecule has 1 amide bonds. The second-order valence-electron chi connectivity index (χ2n) is 6.03. The average Bonchev–Trinajstić information content (AvgIpc) is 2.39. The van der Waals surface area contributed by atoms with E-state index >= 15 is 0 Å². The summed E-state index contributed by atoms with van der Waals surface area (Å²) in [6, 6.07) is 10.5. The van der Waals surface area contributed by atoms with Crippen LogP contribution in [0.4, 0.5) is 0 Å². The van der Waals surface area contributed by atoms with Crippen LogP contribution in [0.3, 0.4) is 0 Å². The fourth-order valence-electron chi connectivity index (χ4n) is 2.93. The van der Waals surface area contributed by atoms with Gasteiger partial charge in [-0.2, -0.15) is 0 Å². The Bertz CT molecular complexity index is 430. The van der Waals surface area contributed by atoms with E-state index in [-0.39, 0.29) is 17.4 Å². The lowest BCUT2D eigenvalue weighted by Gasteiger charge is -2.41. The van der Waals surface area contributed by atoms with Crippen LogP contribution in [0, 0.1) is 0 Å². The van der Waals surface area contributed by atoms with Gasteiger partial charge in [-0.15, -0.1) is 0 Å². The molecule has 1 aliphatic heterocycles. The minimum atomic E-state index is -0.0580. The fourth-order valence-corrected chi connectivity index (χ4v) is 2.93. The molecule has 0 saturated carbocycles. The number of likely N-dealkylation sites (tertiary alicyclic amines) is 1. The normalized spacial score (nSPS) is 25.1. The van der Waals surface area contributed by atoms with Crippen LogP contribution in [0.2, 0.25) is 0 Å². The second kappa shape index (κ2) is 5.74. The zero-order chi connectivity index (χ0) is 13.9. The number of hydrogen-bond acceptors (Lipinski definition) is 2. The number of nitrogens with two attached hydrogens (primary N) is 1. The van der Waals surface area contributed by atoms with Crippen molar-refractivity contribution in [1.82, 2.24) is 4.90 Å². The maximum Gasteiger partial charge on any atom is 0.224 e. The Morgan fingerprint density at radius 3 is 2.74 bits per heavy atom. The van der Waals surface area contributed by atoms with E-state index in [0.717, 1.165) is 25.9 Å². The van der Waals surface area contributed by atoms with Gasteiger partial charge in [0, 0.05) is 31.0 Å². The zero-order valence-corrected chi connectivity index (χ0v) is 11.9. The van der Waals surface area contributed by atoms with Crippen molar-refractivity contribution >= 4 is 5.91 Å². The summed E-state index contributed by atoms with van der Waals surface area (Å²) in [6.07, 6.45) is 2.65. The van der Waals surface area contributed by atoms with Gasteiger partial charge in [0.1, 0.15) is 0 Å². The maximum atomic E-state index is 12.2. The summed E-state index contributed by atoms with van der Waals surface area (Å²) in [7, 11) is 0. The predicted octanol–water partition coefficient (Wildman–Crippen LogP) is 2.30. The summed E-state index contributed by atoms with van der Waals surface area (Å²) in [5, 5.41) is 0. The topological polar surface area (TPSA) is 46.3 Å². The molecule has 1 saturated heterocycles. The highest BCUT2D eigenvalue weighted by Gasteiger charge is 2.34. The van der Waals surface area contributed by atoms with E-state index in [9.17, 15) is 4.79 Å². The summed E-state index contributed by atoms with van der Waals surface area (Å²) < 4.78 is 0. The third-order valence-corrected chi connectivity index (χ3v) is 4.02. The summed E-state index contributed by atoms with van der Waals surface area (Å²) in [4.78, 5) is 14.2. The molecule has 0 radical (unpaired) electrons. The molecular formula is C16H24N2O. The molecule has 0 aliphatic carbocycles. The van der Waals surface area contributed by atoms with Crippen LogP contribution in [0.1, 0.15) is 38.7 Å². The van der Waals surface area contributed by atoms with Crippen LogP contribution >= 0.6 is 0 Å². The number of rotatable bonds is 3. The molecule has 3 heteroatoms. The second-order valence-corrected chi connectivity index (χ2v) is 6.03. The Morgan fingerprint density at radius 1 is 1.42 bits per heavy atom. The van der Waals surface area contributed by atoms with Gasteiger partial charge < -0.3 is 10.6 Å². The first-order chi connectivity index (χ1) is 9.01. The lowest BCUT2D eigenvalue weighted by molar-refractivity contribution is -0.133. The molecule has 0 aromatic heterocycles. The number of carbonyl (C=O) groups excluding carboxylic acids is 1. The highest BCUT2D eigenvalue weighted by Crippen LogP contribution is 2.33. The monoisotopic (exact) mass is 260 g/mol. The van der Waals surface area contributed by atoms with Gasteiger partial charge in [-0.05, 0) is 25.3 Å². The first-order valence-corrected chi connectivity index (χ1v) is 7.10. The molecule has 2 atom stereocenters. The summed E-state index contributed by atoms with van der Waals surface area (Å²) in [6.45, 7) is 5.82. The molecule has 2 unspecified atom stereocenters. The molecule has 19 heavy (non-hydrogen) atoms. The van der Waals surface area contributed by atoms with Gasteiger partial charge in [-0.3, -0.25) is 4.79 Å². The first kappa shape index (κ1) is 14.1. The van der Waals surface area contributed by atoms with E-state index in [1.807, 2.05) is 17.9 Å². The number of benzene rings is 1. The van der Waals surface area contributed by atoms with E-state index in [4.69, 9.17) is 5.73 Å². The Balaban J connectivity index is 2.10. The molecule has 1 heterocycles. The van der Waals surface area contributed by atoms with Gasteiger partial charge in [-0.1, -0.05) is 37.3 Å². The van der Waals surface area contributed by atoms with Crippen molar-refractivity contribution in [2.45, 2.75) is 44.6 Å². The van der Waals surface area contributed by atoms with Crippen LogP contribution in [0.15, 0.2) is 30.3 Å². The summed E-state index contributed by atoms with van der Waals surface area (Å²) >= 11 is 0. The molecule has 1 fully saturated rings. The first-order valence-electron chi connectivity index (χ1n) is 7.10. The van der Waals surface area contributed by atoms with Gasteiger partial charge in [-0.25, -0.2) is 0 Å². The number of nitrogens with zero attached hydrogens (tertiary/aromatic N) is 1. The van der Waals surface area contributed by atoms with E-state index in [2.05, 4.69) is 31.2 Å². The Hall–Kier alpha value is -1.35. The third kappa shape index (κ3) is 3.35. The van der Waals surface area contributed by atoms with E-state index in [1.54, 1.807) is 0 Å². The largest absolute Gasteiger partial charge is 0.342 e. The van der Waals surface area contributed by atoms with Crippen LogP contribution < -0.4 is 5.73 Å². The van der Waals surface area contributed by atoms with Crippen molar-refractivity contribution in [1.29, 1.82) is 0 Å². The van der Waals surface area contributed by atoms with Crippen molar-refractivity contribution in [3.05, 3.63) is 35.9 Å². The van der Waals surface area contributed by atoms with Crippen molar-refractivity contribution in [2.75, 3.05) is 13.1 Å². The van der Waals surface area contributed by atoms with Gasteiger partial charge in [0.25, 0.3) is 0 Å². The van der Waals surface area contributed by atoms with Gasteiger partial charge in [0.15, 0.2) is 0 Å². The van der Waals surface area contributed by atoms with Crippen molar-refractivity contribution in [3.63, 3.8) is 0 Å². The van der Waals surface area contributed by atoms with Crippen LogP contribution in [0.5, 0.6) is 0 Å². The zero-order valence-electron chi connectivity index (χ0n) is 11.9. The SMILES string of the molecule is CC(N)CC(=O)N1CCCC(C)(c2ccccc2)C1. The molecule has 1 aliphatic rings. The van der Waals surface area contributed by atoms with E-state index in [0.29, 0.717) is 6.42 Å². The Kier molecular flexibility index (Phi) is 4.25. The molecule has 2 rings (SSSR count). The number of amides is 1. The molecule has 1 aromatic rings. The van der Waals surface area contributed by atoms with Crippen molar-refractivity contribution < 1.29 is 4.79 Å². The average molecular weight is 260 g/mol. The number of piperidine rings is 1. The fraction of sp³-hybridized carbons (Fsp3) is 0.562. The summed E-state index contributed by atoms with van der Waals surface area (Å²) in [5.74, 6) is 0.192. The molecular weight excluding hydrogens is 236 g/mol. The number of hydrogen-bond donors (Lipinski definition) is 1. The predicted molar refractivity (Wildman–Crippen MR) is 77.9 cm³/mol. The summed E-state index contributed by atoms with van der Waals surface area (Å²) in [5.41, 5.74) is 7.13. The van der Waals surface area contributed by atoms with Gasteiger partial charge >= 0.3 is 0 Å². The maximum absolute atomic E-state index is 12.2. The van der Waals surface area contributed by atoms with E-state index < -0.39 is 0 Å². The molecule has 3 nitrogen and oxygen atoms in total. The van der Waals surface area contributed by atoms with Crippen LogP contribution in [-0.4, -0.2) is 29.9 Å². The van der Waals surface area contributed by atoms with Crippen LogP contribution in [0.25, 0.3) is 0 Å². The van der Waals surface area contributed by atoms with E-state index in [1.165, 1.54) is 5.56 Å². The minimum absolute atomic E-state index is 0.0580. The van der Waals surface area contributed by atoms with Gasteiger partial charge in [0.2, 0.25) is 5.91 Å². The Labute approximate surface area is 115 Å². The quantitative estimate of drug-likeness (QED) is 0.906. The molecule has 1 aromatic carbocycles. The third-order valence-electron chi connectivity index (χ3n) is 4.02. The lowest BCUT2D eigenvalue weighted by atomic mass is 9.76. The number of carbonyl (C=O) groups is 1. The standard InChI is InChI=1S/C16H24N2O/c1-13(17)11-15(19)18-10-6-9-16(2,12-18)14-7-4-3-5-8-14/h3-5,7-8,13H,6,9-12,17H2,1-2H3. The van der Waals surface area contributed by atoms with Crippen molar-refractivity contribution in [2.24, 2.45) is 5.73 Å². The smallest absolute Gasteiger partial charge is 0.224 e. The Morgan fingerprint density at radius 2 is 2.11 bits per heavy atom. The minimum Gasteiger partial charge on any atom is -0.342 e. The molecule has 0 spiro atoms. The van der Waals surface area contributed by atoms with Gasteiger partial charge in [0.05, 0.1) is 0 Å². The molecule has 2 N–H and O–H groups in total.